The van der Waals surface area contributed by atoms with Crippen LogP contribution in [-0.2, 0) is 16.6 Å². The molecule has 0 bridgehead atoms. The highest BCUT2D eigenvalue weighted by molar-refractivity contribution is 7.89. The number of piperazine rings is 1. The van der Waals surface area contributed by atoms with Crippen LogP contribution < -0.4 is 9.64 Å². The van der Waals surface area contributed by atoms with Gasteiger partial charge in [-0.1, -0.05) is 11.6 Å². The van der Waals surface area contributed by atoms with Crippen molar-refractivity contribution in [3.63, 3.8) is 0 Å². The van der Waals surface area contributed by atoms with Crippen molar-refractivity contribution in [3.8, 4) is 5.75 Å². The fourth-order valence-corrected chi connectivity index (χ4v) is 5.52. The largest absolute Gasteiger partial charge is 0.494 e. The molecule has 1 heterocycles. The van der Waals surface area contributed by atoms with Crippen LogP contribution in [-0.4, -0.2) is 63.4 Å². The Morgan fingerprint density at radius 1 is 1.00 bits per heavy atom. The van der Waals surface area contributed by atoms with Gasteiger partial charge in [-0.2, -0.15) is 4.31 Å². The van der Waals surface area contributed by atoms with E-state index in [4.69, 9.17) is 16.3 Å². The van der Waals surface area contributed by atoms with E-state index < -0.39 is 10.0 Å². The molecule has 0 atom stereocenters. The van der Waals surface area contributed by atoms with Crippen LogP contribution in [0.15, 0.2) is 71.6 Å². The third-order valence-electron chi connectivity index (χ3n) is 6.28. The molecule has 4 rings (SSSR count). The SMILES string of the molecule is CCOc1ccc(C(=O)N2CCN(c3ccc(F)cc3)CC2)cc1CN(C)S(=O)(=O)c1ccc(Cl)cc1. The Kier molecular flexibility index (Phi) is 8.36. The number of halogens is 2. The standard InChI is InChI=1S/C27H29ClFN3O4S/c1-3-36-26-13-4-20(18-21(26)19-30(2)37(34,35)25-11-5-22(28)6-12-25)27(33)32-16-14-31(15-17-32)24-9-7-23(29)8-10-24/h4-13,18H,3,14-17,19H2,1-2H3. The lowest BCUT2D eigenvalue weighted by atomic mass is 10.1. The highest BCUT2D eigenvalue weighted by Crippen LogP contribution is 2.26. The lowest BCUT2D eigenvalue weighted by Gasteiger charge is -2.36. The summed E-state index contributed by atoms with van der Waals surface area (Å²) in [6.45, 7) is 4.57. The number of rotatable bonds is 8. The molecule has 0 saturated carbocycles. The van der Waals surface area contributed by atoms with E-state index in [0.717, 1.165) is 5.69 Å². The maximum atomic E-state index is 13.3. The Bertz CT molecular complexity index is 1340. The first-order valence-corrected chi connectivity index (χ1v) is 13.8. The van der Waals surface area contributed by atoms with Crippen molar-refractivity contribution in [1.82, 2.24) is 9.21 Å². The van der Waals surface area contributed by atoms with Gasteiger partial charge < -0.3 is 14.5 Å². The third kappa shape index (κ3) is 6.23. The van der Waals surface area contributed by atoms with Gasteiger partial charge in [-0.15, -0.1) is 0 Å². The molecule has 0 aromatic heterocycles. The maximum absolute atomic E-state index is 13.3. The average molecular weight is 546 g/mol. The Balaban J connectivity index is 1.49. The van der Waals surface area contributed by atoms with Crippen molar-refractivity contribution in [1.29, 1.82) is 0 Å². The van der Waals surface area contributed by atoms with E-state index in [1.165, 1.54) is 47.8 Å². The Hall–Kier alpha value is -3.14. The van der Waals surface area contributed by atoms with E-state index in [2.05, 4.69) is 4.90 Å². The predicted octanol–water partition coefficient (Wildman–Crippen LogP) is 4.66. The number of hydrogen-bond donors (Lipinski definition) is 0. The Morgan fingerprint density at radius 2 is 1.65 bits per heavy atom. The minimum atomic E-state index is -3.78. The van der Waals surface area contributed by atoms with Gasteiger partial charge in [-0.3, -0.25) is 4.79 Å². The van der Waals surface area contributed by atoms with Crippen molar-refractivity contribution >= 4 is 33.2 Å². The van der Waals surface area contributed by atoms with Crippen LogP contribution in [0.5, 0.6) is 5.75 Å². The topological polar surface area (TPSA) is 70.2 Å². The summed E-state index contributed by atoms with van der Waals surface area (Å²) in [4.78, 5) is 17.3. The van der Waals surface area contributed by atoms with E-state index in [0.29, 0.717) is 54.7 Å². The highest BCUT2D eigenvalue weighted by Gasteiger charge is 2.25. The Morgan fingerprint density at radius 3 is 2.27 bits per heavy atom. The van der Waals surface area contributed by atoms with Crippen molar-refractivity contribution in [2.45, 2.75) is 18.4 Å². The smallest absolute Gasteiger partial charge is 0.253 e. The molecule has 0 N–H and O–H groups in total. The molecule has 0 aliphatic carbocycles. The van der Waals surface area contributed by atoms with Crippen LogP contribution in [0.2, 0.25) is 5.02 Å². The van der Waals surface area contributed by atoms with Crippen molar-refractivity contribution in [3.05, 3.63) is 88.7 Å². The van der Waals surface area contributed by atoms with E-state index >= 15 is 0 Å². The fraction of sp³-hybridized carbons (Fsp3) is 0.296. The molecule has 0 radical (unpaired) electrons. The first-order valence-electron chi connectivity index (χ1n) is 12.0. The average Bonchev–Trinajstić information content (AvgIpc) is 2.90. The zero-order chi connectivity index (χ0) is 26.6. The van der Waals surface area contributed by atoms with Gasteiger partial charge in [0, 0.05) is 61.6 Å². The molecule has 7 nitrogen and oxygen atoms in total. The summed E-state index contributed by atoms with van der Waals surface area (Å²) >= 11 is 5.91. The summed E-state index contributed by atoms with van der Waals surface area (Å²) in [6, 6.07) is 17.4. The van der Waals surface area contributed by atoms with Gasteiger partial charge in [0.1, 0.15) is 11.6 Å². The summed E-state index contributed by atoms with van der Waals surface area (Å²) in [6.07, 6.45) is 0. The number of ether oxygens (including phenoxy) is 1. The third-order valence-corrected chi connectivity index (χ3v) is 8.35. The number of carbonyl (C=O) groups is 1. The molecular weight excluding hydrogens is 517 g/mol. The quantitative estimate of drug-likeness (QED) is 0.412. The lowest BCUT2D eigenvalue weighted by molar-refractivity contribution is 0.0746. The second-order valence-electron chi connectivity index (χ2n) is 8.73. The van der Waals surface area contributed by atoms with Gasteiger partial charge in [0.05, 0.1) is 11.5 Å². The second kappa shape index (κ2) is 11.5. The molecule has 1 amide bonds. The molecule has 10 heteroatoms. The zero-order valence-electron chi connectivity index (χ0n) is 20.7. The van der Waals surface area contributed by atoms with E-state index in [-0.39, 0.29) is 23.2 Å². The number of nitrogens with zero attached hydrogens (tertiary/aromatic N) is 3. The van der Waals surface area contributed by atoms with Crippen LogP contribution in [0.1, 0.15) is 22.8 Å². The summed E-state index contributed by atoms with van der Waals surface area (Å²) in [5.41, 5.74) is 1.98. The van der Waals surface area contributed by atoms with Gasteiger partial charge in [-0.05, 0) is 73.7 Å². The second-order valence-corrected chi connectivity index (χ2v) is 11.2. The lowest BCUT2D eigenvalue weighted by Crippen LogP contribution is -2.48. The first kappa shape index (κ1) is 26.9. The summed E-state index contributed by atoms with van der Waals surface area (Å²) < 4.78 is 46.4. The maximum Gasteiger partial charge on any atom is 0.253 e. The van der Waals surface area contributed by atoms with Gasteiger partial charge >= 0.3 is 0 Å². The molecule has 0 spiro atoms. The monoisotopic (exact) mass is 545 g/mol. The van der Waals surface area contributed by atoms with Crippen molar-refractivity contribution < 1.29 is 22.3 Å². The van der Waals surface area contributed by atoms with E-state index in [1.54, 1.807) is 35.2 Å². The molecule has 0 unspecified atom stereocenters. The fourth-order valence-electron chi connectivity index (χ4n) is 4.25. The van der Waals surface area contributed by atoms with Crippen LogP contribution in [0.4, 0.5) is 10.1 Å². The van der Waals surface area contributed by atoms with Crippen molar-refractivity contribution in [2.24, 2.45) is 0 Å². The number of hydrogen-bond acceptors (Lipinski definition) is 5. The normalized spacial score (nSPS) is 14.2. The first-order chi connectivity index (χ1) is 17.7. The van der Waals surface area contributed by atoms with Gasteiger partial charge in [0.2, 0.25) is 10.0 Å². The number of benzene rings is 3. The van der Waals surface area contributed by atoms with Crippen LogP contribution in [0, 0.1) is 5.82 Å². The molecule has 3 aromatic carbocycles. The molecule has 37 heavy (non-hydrogen) atoms. The number of anilines is 1. The number of sulfonamides is 1. The Labute approximate surface area is 222 Å². The van der Waals surface area contributed by atoms with Gasteiger partial charge in [0.25, 0.3) is 5.91 Å². The summed E-state index contributed by atoms with van der Waals surface area (Å²) in [5.74, 6) is 0.111. The number of amides is 1. The summed E-state index contributed by atoms with van der Waals surface area (Å²) in [7, 11) is -2.29. The molecule has 1 saturated heterocycles. The van der Waals surface area contributed by atoms with E-state index in [1.807, 2.05) is 6.92 Å². The molecular formula is C27H29ClFN3O4S. The van der Waals surface area contributed by atoms with Gasteiger partial charge in [0.15, 0.2) is 0 Å². The van der Waals surface area contributed by atoms with Crippen molar-refractivity contribution in [2.75, 3.05) is 44.7 Å². The molecule has 3 aromatic rings. The molecule has 1 aliphatic heterocycles. The van der Waals surface area contributed by atoms with Gasteiger partial charge in [-0.25, -0.2) is 12.8 Å². The summed E-state index contributed by atoms with van der Waals surface area (Å²) in [5, 5.41) is 0.449. The highest BCUT2D eigenvalue weighted by atomic mass is 35.5. The van der Waals surface area contributed by atoms with Crippen LogP contribution >= 0.6 is 11.6 Å². The number of carbonyl (C=O) groups excluding carboxylic acids is 1. The van der Waals surface area contributed by atoms with Crippen LogP contribution in [0.3, 0.4) is 0 Å². The minimum absolute atomic E-state index is 0.0275. The molecule has 1 aliphatic rings. The van der Waals surface area contributed by atoms with Crippen LogP contribution in [0.25, 0.3) is 0 Å². The predicted molar refractivity (Wildman–Crippen MR) is 142 cm³/mol. The molecule has 1 fully saturated rings. The zero-order valence-corrected chi connectivity index (χ0v) is 22.3. The minimum Gasteiger partial charge on any atom is -0.494 e. The van der Waals surface area contributed by atoms with E-state index in [9.17, 15) is 17.6 Å². The molecule has 196 valence electrons.